The molecular formula is C11H16N4OS. The fraction of sp³-hybridized carbons (Fsp3) is 0.455. The van der Waals surface area contributed by atoms with Crippen LogP contribution < -0.4 is 16.4 Å². The van der Waals surface area contributed by atoms with Crippen LogP contribution in [-0.4, -0.2) is 22.9 Å². The van der Waals surface area contributed by atoms with Gasteiger partial charge in [0.15, 0.2) is 5.82 Å². The van der Waals surface area contributed by atoms with E-state index in [0.29, 0.717) is 23.2 Å². The molecule has 1 heterocycles. The average molecular weight is 252 g/mol. The van der Waals surface area contributed by atoms with Gasteiger partial charge in [-0.1, -0.05) is 12.2 Å². The van der Waals surface area contributed by atoms with Crippen molar-refractivity contribution < 1.29 is 4.79 Å². The Morgan fingerprint density at radius 3 is 2.94 bits per heavy atom. The van der Waals surface area contributed by atoms with Crippen molar-refractivity contribution >= 4 is 28.3 Å². The highest BCUT2D eigenvalue weighted by Crippen LogP contribution is 2.28. The molecule has 1 amide bonds. The molecule has 17 heavy (non-hydrogen) atoms. The van der Waals surface area contributed by atoms with Crippen molar-refractivity contribution in [2.75, 3.05) is 17.6 Å². The number of aromatic nitrogens is 1. The highest BCUT2D eigenvalue weighted by molar-refractivity contribution is 7.11. The monoisotopic (exact) mass is 252 g/mol. The number of nitrogens with zero attached hydrogens (tertiary/aromatic N) is 1. The number of anilines is 2. The summed E-state index contributed by atoms with van der Waals surface area (Å²) >= 11 is 1.21. The maximum atomic E-state index is 12.0. The normalized spacial score (nSPS) is 14.4. The smallest absolute Gasteiger partial charge is 0.258 e. The molecule has 0 aromatic carbocycles. The summed E-state index contributed by atoms with van der Waals surface area (Å²) in [5.74, 6) is 0.153. The van der Waals surface area contributed by atoms with Gasteiger partial charge in [0.2, 0.25) is 0 Å². The number of carbonyl (C=O) groups is 1. The minimum Gasteiger partial charge on any atom is -0.382 e. The second-order valence-electron chi connectivity index (χ2n) is 4.33. The third-order valence-electron chi connectivity index (χ3n) is 2.41. The molecule has 5 nitrogen and oxygen atoms in total. The van der Waals surface area contributed by atoms with Crippen molar-refractivity contribution in [3.63, 3.8) is 0 Å². The topological polar surface area (TPSA) is 80.0 Å². The highest BCUT2D eigenvalue weighted by atomic mass is 32.1. The summed E-state index contributed by atoms with van der Waals surface area (Å²) in [4.78, 5) is 12.0. The molecule has 1 saturated carbocycles. The first-order chi connectivity index (χ1) is 8.08. The van der Waals surface area contributed by atoms with Crippen molar-refractivity contribution in [1.29, 1.82) is 0 Å². The van der Waals surface area contributed by atoms with Gasteiger partial charge in [-0.25, -0.2) is 0 Å². The lowest BCUT2D eigenvalue weighted by atomic mass is 10.2. The van der Waals surface area contributed by atoms with Gasteiger partial charge in [0.1, 0.15) is 10.6 Å². The van der Waals surface area contributed by atoms with E-state index in [1.54, 1.807) is 0 Å². The SMILES string of the molecule is C=C(C)CNc1snc(N)c1C(=O)NC1CC1. The number of nitrogen functional groups attached to an aromatic ring is 1. The van der Waals surface area contributed by atoms with Crippen LogP contribution in [0.15, 0.2) is 12.2 Å². The molecule has 1 aliphatic carbocycles. The molecule has 4 N–H and O–H groups in total. The van der Waals surface area contributed by atoms with Gasteiger partial charge in [-0.3, -0.25) is 4.79 Å². The molecule has 0 saturated heterocycles. The average Bonchev–Trinajstić information content (AvgIpc) is 2.97. The Morgan fingerprint density at radius 1 is 1.65 bits per heavy atom. The fourth-order valence-electron chi connectivity index (χ4n) is 1.36. The second-order valence-corrected chi connectivity index (χ2v) is 5.10. The van der Waals surface area contributed by atoms with E-state index in [1.807, 2.05) is 6.92 Å². The third-order valence-corrected chi connectivity index (χ3v) is 3.23. The zero-order valence-corrected chi connectivity index (χ0v) is 10.6. The number of hydrogen-bond acceptors (Lipinski definition) is 5. The molecule has 1 aromatic rings. The number of hydrogen-bond donors (Lipinski definition) is 3. The molecule has 0 spiro atoms. The van der Waals surface area contributed by atoms with Crippen LogP contribution in [0.3, 0.4) is 0 Å². The number of nitrogens with two attached hydrogens (primary N) is 1. The Morgan fingerprint density at radius 2 is 2.35 bits per heavy atom. The van der Waals surface area contributed by atoms with E-state index >= 15 is 0 Å². The zero-order chi connectivity index (χ0) is 12.4. The molecule has 92 valence electrons. The van der Waals surface area contributed by atoms with Crippen molar-refractivity contribution in [2.45, 2.75) is 25.8 Å². The first-order valence-corrected chi connectivity index (χ1v) is 6.29. The fourth-order valence-corrected chi connectivity index (χ4v) is 2.07. The Hall–Kier alpha value is -1.56. The lowest BCUT2D eigenvalue weighted by molar-refractivity contribution is 0.0953. The van der Waals surface area contributed by atoms with Gasteiger partial charge in [-0.15, -0.1) is 0 Å². The number of amides is 1. The summed E-state index contributed by atoms with van der Waals surface area (Å²) in [6.07, 6.45) is 2.11. The highest BCUT2D eigenvalue weighted by Gasteiger charge is 2.27. The summed E-state index contributed by atoms with van der Waals surface area (Å²) in [7, 11) is 0. The van der Waals surface area contributed by atoms with Crippen LogP contribution in [0.4, 0.5) is 10.8 Å². The summed E-state index contributed by atoms with van der Waals surface area (Å²) in [6, 6.07) is 0.316. The summed E-state index contributed by atoms with van der Waals surface area (Å²) < 4.78 is 4.01. The Bertz CT molecular complexity index is 450. The van der Waals surface area contributed by atoms with Gasteiger partial charge in [-0.2, -0.15) is 4.37 Å². The molecule has 1 aromatic heterocycles. The second kappa shape index (κ2) is 4.75. The van der Waals surface area contributed by atoms with Crippen LogP contribution in [0, 0.1) is 0 Å². The Labute approximate surface area is 104 Å². The van der Waals surface area contributed by atoms with E-state index < -0.39 is 0 Å². The summed E-state index contributed by atoms with van der Waals surface area (Å²) in [6.45, 7) is 6.33. The summed E-state index contributed by atoms with van der Waals surface area (Å²) in [5.41, 5.74) is 7.17. The zero-order valence-electron chi connectivity index (χ0n) is 9.75. The minimum absolute atomic E-state index is 0.136. The van der Waals surface area contributed by atoms with E-state index in [-0.39, 0.29) is 11.7 Å². The third kappa shape index (κ3) is 2.97. The molecule has 2 rings (SSSR count). The number of rotatable bonds is 5. The number of nitrogens with one attached hydrogen (secondary N) is 2. The predicted molar refractivity (Wildman–Crippen MR) is 70.3 cm³/mol. The Balaban J connectivity index is 2.09. The molecule has 0 radical (unpaired) electrons. The van der Waals surface area contributed by atoms with Crippen LogP contribution in [0.1, 0.15) is 30.1 Å². The molecule has 1 fully saturated rings. The van der Waals surface area contributed by atoms with Gasteiger partial charge in [-0.05, 0) is 31.3 Å². The van der Waals surface area contributed by atoms with Crippen LogP contribution >= 0.6 is 11.5 Å². The van der Waals surface area contributed by atoms with E-state index in [1.165, 1.54) is 11.5 Å². The standard InChI is InChI=1S/C11H16N4OS/c1-6(2)5-13-11-8(9(12)15-17-11)10(16)14-7-3-4-7/h7,13H,1,3-5H2,2H3,(H2,12,15)(H,14,16). The molecule has 0 bridgehead atoms. The van der Waals surface area contributed by atoms with Crippen LogP contribution in [-0.2, 0) is 0 Å². The number of carbonyl (C=O) groups excluding carboxylic acids is 1. The maximum absolute atomic E-state index is 12.0. The lowest BCUT2D eigenvalue weighted by Gasteiger charge is -2.07. The van der Waals surface area contributed by atoms with E-state index in [2.05, 4.69) is 21.6 Å². The predicted octanol–water partition coefficient (Wildman–Crippen LogP) is 1.61. The molecular weight excluding hydrogens is 236 g/mol. The van der Waals surface area contributed by atoms with Crippen LogP contribution in [0.2, 0.25) is 0 Å². The Kier molecular flexibility index (Phi) is 3.33. The first kappa shape index (κ1) is 11.9. The van der Waals surface area contributed by atoms with Gasteiger partial charge < -0.3 is 16.4 Å². The van der Waals surface area contributed by atoms with Crippen LogP contribution in [0.25, 0.3) is 0 Å². The molecule has 0 unspecified atom stereocenters. The summed E-state index contributed by atoms with van der Waals surface area (Å²) in [5, 5.41) is 6.75. The van der Waals surface area contributed by atoms with Crippen LogP contribution in [0.5, 0.6) is 0 Å². The van der Waals surface area contributed by atoms with Crippen molar-refractivity contribution in [2.24, 2.45) is 0 Å². The van der Waals surface area contributed by atoms with Gasteiger partial charge in [0, 0.05) is 12.6 Å². The van der Waals surface area contributed by atoms with E-state index in [9.17, 15) is 4.79 Å². The van der Waals surface area contributed by atoms with Gasteiger partial charge in [0.25, 0.3) is 5.91 Å². The van der Waals surface area contributed by atoms with E-state index in [4.69, 9.17) is 5.73 Å². The molecule has 6 heteroatoms. The van der Waals surface area contributed by atoms with Gasteiger partial charge >= 0.3 is 0 Å². The first-order valence-electron chi connectivity index (χ1n) is 5.52. The minimum atomic E-state index is -0.136. The maximum Gasteiger partial charge on any atom is 0.258 e. The lowest BCUT2D eigenvalue weighted by Crippen LogP contribution is -2.26. The largest absolute Gasteiger partial charge is 0.382 e. The van der Waals surface area contributed by atoms with Gasteiger partial charge in [0.05, 0.1) is 0 Å². The van der Waals surface area contributed by atoms with Crippen molar-refractivity contribution in [3.8, 4) is 0 Å². The van der Waals surface area contributed by atoms with Crippen molar-refractivity contribution in [1.82, 2.24) is 9.69 Å². The molecule has 1 aliphatic rings. The molecule has 0 atom stereocenters. The molecule has 0 aliphatic heterocycles. The van der Waals surface area contributed by atoms with Crippen molar-refractivity contribution in [3.05, 3.63) is 17.7 Å². The quantitative estimate of drug-likeness (QED) is 0.695. The van der Waals surface area contributed by atoms with E-state index in [0.717, 1.165) is 18.4 Å².